The molecule has 4 nitrogen and oxygen atoms in total. The van der Waals surface area contributed by atoms with Crippen LogP contribution in [0.3, 0.4) is 0 Å². The highest BCUT2D eigenvalue weighted by atomic mass is 16.2. The van der Waals surface area contributed by atoms with E-state index in [9.17, 15) is 9.59 Å². The van der Waals surface area contributed by atoms with Gasteiger partial charge in [0.25, 0.3) is 0 Å². The van der Waals surface area contributed by atoms with E-state index in [-0.39, 0.29) is 11.8 Å². The maximum absolute atomic E-state index is 11.1. The van der Waals surface area contributed by atoms with Gasteiger partial charge in [-0.2, -0.15) is 0 Å². The Balaban J connectivity index is 1.91. The maximum atomic E-state index is 11.1. The summed E-state index contributed by atoms with van der Waals surface area (Å²) in [6, 6.07) is 0.438. The third-order valence-corrected chi connectivity index (χ3v) is 1.90. The van der Waals surface area contributed by atoms with Crippen molar-refractivity contribution < 1.29 is 9.59 Å². The van der Waals surface area contributed by atoms with E-state index in [1.807, 2.05) is 0 Å². The Morgan fingerprint density at radius 3 is 2.62 bits per heavy atom. The van der Waals surface area contributed by atoms with Crippen LogP contribution in [0.25, 0.3) is 0 Å². The zero-order valence-electron chi connectivity index (χ0n) is 7.93. The molecule has 0 aliphatic heterocycles. The van der Waals surface area contributed by atoms with Crippen LogP contribution in [-0.4, -0.2) is 24.4 Å². The van der Waals surface area contributed by atoms with Crippen LogP contribution in [0, 0.1) is 0 Å². The first kappa shape index (κ1) is 10.0. The molecule has 1 saturated carbocycles. The van der Waals surface area contributed by atoms with Gasteiger partial charge in [-0.3, -0.25) is 9.59 Å². The summed E-state index contributed by atoms with van der Waals surface area (Å²) in [5.41, 5.74) is 0. The summed E-state index contributed by atoms with van der Waals surface area (Å²) in [4.78, 5) is 21.6. The van der Waals surface area contributed by atoms with Gasteiger partial charge in [-0.15, -0.1) is 0 Å². The summed E-state index contributed by atoms with van der Waals surface area (Å²) >= 11 is 0. The predicted octanol–water partition coefficient (Wildman–Crippen LogP) is 0.181. The molecule has 0 aromatic rings. The number of rotatable bonds is 5. The molecule has 4 heteroatoms. The minimum absolute atomic E-state index is 0.0393. The molecule has 0 radical (unpaired) electrons. The molecule has 2 amide bonds. The number of hydrogen-bond donors (Lipinski definition) is 2. The molecule has 0 bridgehead atoms. The Morgan fingerprint density at radius 2 is 2.08 bits per heavy atom. The van der Waals surface area contributed by atoms with Gasteiger partial charge in [-0.05, 0) is 19.3 Å². The van der Waals surface area contributed by atoms with Crippen molar-refractivity contribution in [1.29, 1.82) is 0 Å². The van der Waals surface area contributed by atoms with Gasteiger partial charge in [-0.1, -0.05) is 0 Å². The molecule has 1 fully saturated rings. The minimum atomic E-state index is -0.0393. The van der Waals surface area contributed by atoms with E-state index in [0.29, 0.717) is 19.0 Å². The van der Waals surface area contributed by atoms with Crippen LogP contribution in [0.15, 0.2) is 0 Å². The van der Waals surface area contributed by atoms with Gasteiger partial charge in [0, 0.05) is 25.9 Å². The number of amides is 2. The van der Waals surface area contributed by atoms with Crippen LogP contribution >= 0.6 is 0 Å². The normalized spacial score (nSPS) is 15.2. The lowest BCUT2D eigenvalue weighted by Gasteiger charge is -2.03. The summed E-state index contributed by atoms with van der Waals surface area (Å²) in [7, 11) is 0. The average molecular weight is 184 g/mol. The molecule has 0 atom stereocenters. The first-order chi connectivity index (χ1) is 6.18. The smallest absolute Gasteiger partial charge is 0.220 e. The first-order valence-electron chi connectivity index (χ1n) is 4.72. The zero-order chi connectivity index (χ0) is 9.68. The fourth-order valence-corrected chi connectivity index (χ4v) is 1.04. The van der Waals surface area contributed by atoms with Crippen molar-refractivity contribution >= 4 is 11.8 Å². The van der Waals surface area contributed by atoms with E-state index in [4.69, 9.17) is 0 Å². The van der Waals surface area contributed by atoms with E-state index in [1.165, 1.54) is 6.92 Å². The molecule has 0 unspecified atom stereocenters. The molecule has 13 heavy (non-hydrogen) atoms. The summed E-state index contributed by atoms with van der Waals surface area (Å²) in [6.07, 6.45) is 3.48. The van der Waals surface area contributed by atoms with Gasteiger partial charge in [0.15, 0.2) is 0 Å². The number of hydrogen-bond acceptors (Lipinski definition) is 2. The molecule has 0 aromatic carbocycles. The standard InChI is InChI=1S/C9H16N2O2/c1-7(12)10-6-2-3-9(13)11-8-4-5-8/h8H,2-6H2,1H3,(H,10,12)(H,11,13). The molecule has 0 heterocycles. The van der Waals surface area contributed by atoms with Crippen LogP contribution in [0.5, 0.6) is 0 Å². The molecule has 2 N–H and O–H groups in total. The molecular formula is C9H16N2O2. The Bertz CT molecular complexity index is 200. The SMILES string of the molecule is CC(=O)NCCCC(=O)NC1CC1. The zero-order valence-corrected chi connectivity index (χ0v) is 7.93. The van der Waals surface area contributed by atoms with Crippen molar-refractivity contribution in [2.24, 2.45) is 0 Å². The highest BCUT2D eigenvalue weighted by Gasteiger charge is 2.22. The van der Waals surface area contributed by atoms with Crippen LogP contribution in [0.4, 0.5) is 0 Å². The van der Waals surface area contributed by atoms with Crippen molar-refractivity contribution in [3.8, 4) is 0 Å². The third kappa shape index (κ3) is 5.22. The van der Waals surface area contributed by atoms with Crippen molar-refractivity contribution in [1.82, 2.24) is 10.6 Å². The second-order valence-electron chi connectivity index (χ2n) is 3.43. The molecule has 0 spiro atoms. The molecular weight excluding hydrogens is 168 g/mol. The summed E-state index contributed by atoms with van der Waals surface area (Å²) < 4.78 is 0. The van der Waals surface area contributed by atoms with Crippen molar-refractivity contribution in [2.45, 2.75) is 38.6 Å². The predicted molar refractivity (Wildman–Crippen MR) is 49.1 cm³/mol. The summed E-state index contributed by atoms with van der Waals surface area (Å²) in [5, 5.41) is 5.54. The van der Waals surface area contributed by atoms with Crippen LogP contribution in [0.2, 0.25) is 0 Å². The number of carbonyl (C=O) groups excluding carboxylic acids is 2. The Morgan fingerprint density at radius 1 is 1.38 bits per heavy atom. The van der Waals surface area contributed by atoms with Crippen LogP contribution < -0.4 is 10.6 Å². The molecule has 1 aliphatic rings. The van der Waals surface area contributed by atoms with E-state index in [1.54, 1.807) is 0 Å². The average Bonchev–Trinajstić information content (AvgIpc) is 2.81. The maximum Gasteiger partial charge on any atom is 0.220 e. The summed E-state index contributed by atoms with van der Waals surface area (Å²) in [5.74, 6) is 0.0652. The lowest BCUT2D eigenvalue weighted by Crippen LogP contribution is -2.27. The van der Waals surface area contributed by atoms with Gasteiger partial charge in [0.05, 0.1) is 0 Å². The van der Waals surface area contributed by atoms with Crippen LogP contribution in [-0.2, 0) is 9.59 Å². The molecule has 74 valence electrons. The van der Waals surface area contributed by atoms with E-state index in [0.717, 1.165) is 19.3 Å². The Hall–Kier alpha value is -1.06. The lowest BCUT2D eigenvalue weighted by molar-refractivity contribution is -0.122. The quantitative estimate of drug-likeness (QED) is 0.599. The Labute approximate surface area is 78.1 Å². The second-order valence-corrected chi connectivity index (χ2v) is 3.43. The van der Waals surface area contributed by atoms with Gasteiger partial charge in [0.2, 0.25) is 11.8 Å². The summed E-state index contributed by atoms with van der Waals surface area (Å²) in [6.45, 7) is 2.07. The van der Waals surface area contributed by atoms with Gasteiger partial charge in [0.1, 0.15) is 0 Å². The third-order valence-electron chi connectivity index (χ3n) is 1.90. The monoisotopic (exact) mass is 184 g/mol. The molecule has 0 aromatic heterocycles. The lowest BCUT2D eigenvalue weighted by atomic mass is 10.3. The van der Waals surface area contributed by atoms with Crippen molar-refractivity contribution in [3.05, 3.63) is 0 Å². The highest BCUT2D eigenvalue weighted by Crippen LogP contribution is 2.18. The van der Waals surface area contributed by atoms with Gasteiger partial charge >= 0.3 is 0 Å². The Kier molecular flexibility index (Phi) is 3.73. The molecule has 1 aliphatic carbocycles. The first-order valence-corrected chi connectivity index (χ1v) is 4.72. The fraction of sp³-hybridized carbons (Fsp3) is 0.778. The topological polar surface area (TPSA) is 58.2 Å². The fourth-order valence-electron chi connectivity index (χ4n) is 1.04. The minimum Gasteiger partial charge on any atom is -0.356 e. The molecule has 1 rings (SSSR count). The highest BCUT2D eigenvalue weighted by molar-refractivity contribution is 5.76. The molecule has 0 saturated heterocycles. The van der Waals surface area contributed by atoms with E-state index in [2.05, 4.69) is 10.6 Å². The van der Waals surface area contributed by atoms with Crippen molar-refractivity contribution in [3.63, 3.8) is 0 Å². The van der Waals surface area contributed by atoms with Crippen LogP contribution in [0.1, 0.15) is 32.6 Å². The number of nitrogens with one attached hydrogen (secondary N) is 2. The largest absolute Gasteiger partial charge is 0.356 e. The second kappa shape index (κ2) is 4.84. The number of carbonyl (C=O) groups is 2. The van der Waals surface area contributed by atoms with Gasteiger partial charge < -0.3 is 10.6 Å². The van der Waals surface area contributed by atoms with E-state index >= 15 is 0 Å². The van der Waals surface area contributed by atoms with Gasteiger partial charge in [-0.25, -0.2) is 0 Å². The van der Waals surface area contributed by atoms with E-state index < -0.39 is 0 Å². The van der Waals surface area contributed by atoms with Crippen molar-refractivity contribution in [2.75, 3.05) is 6.54 Å².